The Hall–Kier alpha value is -4.28. The number of amides is 2. The van der Waals surface area contributed by atoms with Gasteiger partial charge >= 0.3 is 0 Å². The highest BCUT2D eigenvalue weighted by Gasteiger charge is 2.15. The molecule has 12 nitrogen and oxygen atoms in total. The number of nitrogens with zero attached hydrogens (tertiary/aromatic N) is 3. The van der Waals surface area contributed by atoms with E-state index in [9.17, 15) is 23.3 Å². The van der Waals surface area contributed by atoms with Gasteiger partial charge in [-0.1, -0.05) is 18.2 Å². The second-order valence-corrected chi connectivity index (χ2v) is 7.34. The van der Waals surface area contributed by atoms with E-state index in [1.54, 1.807) is 24.3 Å². The monoisotopic (exact) mass is 445 g/mol. The van der Waals surface area contributed by atoms with Crippen molar-refractivity contribution < 1.29 is 22.6 Å². The summed E-state index contributed by atoms with van der Waals surface area (Å²) in [6.07, 6.45) is 0.715. The Morgan fingerprint density at radius 2 is 1.35 bits per heavy atom. The molecule has 162 valence electrons. The minimum atomic E-state index is -3.67. The second-order valence-electron chi connectivity index (χ2n) is 5.87. The SMILES string of the molecule is CS(=O)(=O)O.N#Cc1ccccc1-c1cc(C(=O)N=C(N)N)cc(C(=O)N=C(N)N)c1. The van der Waals surface area contributed by atoms with Crippen molar-refractivity contribution in [1.29, 1.82) is 5.26 Å². The summed E-state index contributed by atoms with van der Waals surface area (Å²) >= 11 is 0. The standard InChI is InChI=1S/C17H15N7O2.CH4O3S/c18-8-9-3-1-2-4-13(9)10-5-11(14(25)23-16(19)20)7-12(6-10)15(26)24-17(21)22;1-5(2,3)4/h1-7H,(H4,19,20,23,25)(H4,21,22,24,26);1H3,(H,2,3,4). The summed E-state index contributed by atoms with van der Waals surface area (Å²) in [6, 6.07) is 13.0. The second kappa shape index (κ2) is 10.5. The molecule has 0 saturated carbocycles. The molecule has 9 N–H and O–H groups in total. The molecule has 0 aliphatic heterocycles. The highest BCUT2D eigenvalue weighted by Crippen LogP contribution is 2.26. The van der Waals surface area contributed by atoms with Crippen LogP contribution < -0.4 is 22.9 Å². The number of nitrogens with two attached hydrogens (primary N) is 4. The van der Waals surface area contributed by atoms with Gasteiger partial charge in [-0.3, -0.25) is 14.1 Å². The van der Waals surface area contributed by atoms with Gasteiger partial charge in [0.25, 0.3) is 21.9 Å². The number of hydrogen-bond donors (Lipinski definition) is 5. The molecule has 0 heterocycles. The van der Waals surface area contributed by atoms with Crippen molar-refractivity contribution in [3.05, 3.63) is 59.2 Å². The first-order valence-electron chi connectivity index (χ1n) is 8.16. The van der Waals surface area contributed by atoms with Crippen LogP contribution >= 0.6 is 0 Å². The van der Waals surface area contributed by atoms with Crippen LogP contribution in [0.3, 0.4) is 0 Å². The van der Waals surface area contributed by atoms with Gasteiger partial charge in [0.2, 0.25) is 0 Å². The molecule has 13 heteroatoms. The third-order valence-corrected chi connectivity index (χ3v) is 3.25. The average Bonchev–Trinajstić information content (AvgIpc) is 2.65. The molecule has 31 heavy (non-hydrogen) atoms. The molecule has 0 aliphatic rings. The van der Waals surface area contributed by atoms with Gasteiger partial charge in [0.1, 0.15) is 0 Å². The summed E-state index contributed by atoms with van der Waals surface area (Å²) in [4.78, 5) is 31.3. The lowest BCUT2D eigenvalue weighted by atomic mass is 9.96. The first-order valence-corrected chi connectivity index (χ1v) is 10.0. The fourth-order valence-corrected chi connectivity index (χ4v) is 2.23. The van der Waals surface area contributed by atoms with E-state index >= 15 is 0 Å². The summed E-state index contributed by atoms with van der Waals surface area (Å²) in [5.41, 5.74) is 22.3. The van der Waals surface area contributed by atoms with E-state index in [1.807, 2.05) is 0 Å². The summed E-state index contributed by atoms with van der Waals surface area (Å²) in [5.74, 6) is -2.34. The normalized spacial score (nSPS) is 9.97. The van der Waals surface area contributed by atoms with Crippen LogP contribution in [0.15, 0.2) is 52.4 Å². The van der Waals surface area contributed by atoms with Crippen LogP contribution in [0.5, 0.6) is 0 Å². The van der Waals surface area contributed by atoms with Gasteiger partial charge < -0.3 is 22.9 Å². The maximum absolute atomic E-state index is 12.2. The molecule has 0 saturated heterocycles. The van der Waals surface area contributed by atoms with Crippen LogP contribution in [-0.2, 0) is 10.1 Å². The van der Waals surface area contributed by atoms with E-state index in [0.717, 1.165) is 0 Å². The van der Waals surface area contributed by atoms with Gasteiger partial charge in [-0.2, -0.15) is 23.7 Å². The molecule has 0 radical (unpaired) electrons. The van der Waals surface area contributed by atoms with Crippen LogP contribution in [-0.4, -0.2) is 43.0 Å². The quantitative estimate of drug-likeness (QED) is 0.231. The van der Waals surface area contributed by atoms with Crippen molar-refractivity contribution in [2.45, 2.75) is 0 Å². The Kier molecular flexibility index (Phi) is 8.37. The Balaban J connectivity index is 0.000000861. The predicted molar refractivity (Wildman–Crippen MR) is 114 cm³/mol. The summed E-state index contributed by atoms with van der Waals surface area (Å²) in [7, 11) is -3.67. The molecule has 2 amide bonds. The topological polar surface area (TPSA) is 241 Å². The first kappa shape index (κ1) is 24.8. The average molecular weight is 445 g/mol. The molecule has 2 rings (SSSR count). The van der Waals surface area contributed by atoms with E-state index in [-0.39, 0.29) is 11.1 Å². The minimum absolute atomic E-state index is 0.0396. The van der Waals surface area contributed by atoms with Crippen molar-refractivity contribution in [3.8, 4) is 17.2 Å². The number of carbonyl (C=O) groups is 2. The molecule has 0 fully saturated rings. The zero-order valence-corrected chi connectivity index (χ0v) is 17.0. The number of rotatable bonds is 3. The largest absolute Gasteiger partial charge is 0.370 e. The van der Waals surface area contributed by atoms with E-state index in [1.165, 1.54) is 18.2 Å². The van der Waals surface area contributed by atoms with Crippen molar-refractivity contribution in [1.82, 2.24) is 0 Å². The van der Waals surface area contributed by atoms with Crippen LogP contribution in [0.2, 0.25) is 0 Å². The number of nitriles is 1. The predicted octanol–water partition coefficient (Wildman–Crippen LogP) is -0.444. The molecule has 0 aliphatic carbocycles. The molecule has 0 bridgehead atoms. The molecule has 0 aromatic heterocycles. The number of aliphatic imine (C=N–C) groups is 2. The van der Waals surface area contributed by atoms with Crippen LogP contribution in [0.1, 0.15) is 26.3 Å². The van der Waals surface area contributed by atoms with Gasteiger partial charge in [-0.15, -0.1) is 0 Å². The van der Waals surface area contributed by atoms with Crippen molar-refractivity contribution in [2.75, 3.05) is 6.26 Å². The maximum atomic E-state index is 12.2. The summed E-state index contributed by atoms with van der Waals surface area (Å²) in [5, 5.41) is 9.28. The number of hydrogen-bond acceptors (Lipinski definition) is 5. The summed E-state index contributed by atoms with van der Waals surface area (Å²) in [6.45, 7) is 0. The fraction of sp³-hybridized carbons (Fsp3) is 0.0556. The lowest BCUT2D eigenvalue weighted by Gasteiger charge is -2.08. The Morgan fingerprint density at radius 1 is 0.935 bits per heavy atom. The number of carbonyl (C=O) groups excluding carboxylic acids is 2. The van der Waals surface area contributed by atoms with Gasteiger partial charge in [0, 0.05) is 11.1 Å². The maximum Gasteiger partial charge on any atom is 0.280 e. The molecule has 0 spiro atoms. The third kappa shape index (κ3) is 8.73. The van der Waals surface area contributed by atoms with Crippen molar-refractivity contribution in [3.63, 3.8) is 0 Å². The molecule has 0 atom stereocenters. The minimum Gasteiger partial charge on any atom is -0.370 e. The highest BCUT2D eigenvalue weighted by atomic mass is 32.2. The third-order valence-electron chi connectivity index (χ3n) is 3.25. The molecule has 2 aromatic rings. The molecule has 0 unspecified atom stereocenters. The van der Waals surface area contributed by atoms with E-state index in [2.05, 4.69) is 16.1 Å². The zero-order valence-electron chi connectivity index (χ0n) is 16.2. The Morgan fingerprint density at radius 3 is 1.74 bits per heavy atom. The van der Waals surface area contributed by atoms with Gasteiger partial charge in [-0.05, 0) is 35.4 Å². The van der Waals surface area contributed by atoms with Crippen molar-refractivity contribution >= 4 is 33.9 Å². The Labute approximate surface area is 177 Å². The van der Waals surface area contributed by atoms with E-state index in [0.29, 0.717) is 22.9 Å². The van der Waals surface area contributed by atoms with Crippen LogP contribution in [0.25, 0.3) is 11.1 Å². The Bertz CT molecular complexity index is 1150. The molecular formula is C18H19N7O5S. The van der Waals surface area contributed by atoms with E-state index < -0.39 is 33.9 Å². The highest BCUT2D eigenvalue weighted by molar-refractivity contribution is 7.85. The van der Waals surface area contributed by atoms with Gasteiger partial charge in [0.15, 0.2) is 11.9 Å². The van der Waals surface area contributed by atoms with Crippen LogP contribution in [0, 0.1) is 11.3 Å². The lowest BCUT2D eigenvalue weighted by molar-refractivity contribution is 0.100. The number of guanidine groups is 2. The fourth-order valence-electron chi connectivity index (χ4n) is 2.23. The molecule has 2 aromatic carbocycles. The van der Waals surface area contributed by atoms with Gasteiger partial charge in [-0.25, -0.2) is 0 Å². The number of benzene rings is 2. The summed E-state index contributed by atoms with van der Waals surface area (Å²) < 4.78 is 25.9. The lowest BCUT2D eigenvalue weighted by Crippen LogP contribution is -2.24. The van der Waals surface area contributed by atoms with E-state index in [4.69, 9.17) is 27.5 Å². The smallest absolute Gasteiger partial charge is 0.280 e. The van der Waals surface area contributed by atoms with Gasteiger partial charge in [0.05, 0.1) is 17.9 Å². The first-order chi connectivity index (χ1) is 14.3. The van der Waals surface area contributed by atoms with Crippen LogP contribution in [0.4, 0.5) is 0 Å². The molecular weight excluding hydrogens is 426 g/mol. The van der Waals surface area contributed by atoms with Crippen molar-refractivity contribution in [2.24, 2.45) is 32.9 Å². The zero-order chi connectivity index (χ0) is 23.8.